The minimum absolute atomic E-state index is 0.0371. The Morgan fingerprint density at radius 3 is 2.50 bits per heavy atom. The molecule has 0 aliphatic heterocycles. The maximum atomic E-state index is 10.5. The van der Waals surface area contributed by atoms with Gasteiger partial charge in [0.05, 0.1) is 12.1 Å². The zero-order valence-corrected chi connectivity index (χ0v) is 11.8. The molecule has 6 nitrogen and oxygen atoms in total. The van der Waals surface area contributed by atoms with Crippen LogP contribution in [0.2, 0.25) is 0 Å². The van der Waals surface area contributed by atoms with Crippen LogP contribution in [0.25, 0.3) is 10.9 Å². The molecular weight excluding hydrogens is 278 g/mol. The van der Waals surface area contributed by atoms with Gasteiger partial charge in [-0.15, -0.1) is 0 Å². The predicted octanol–water partition coefficient (Wildman–Crippen LogP) is 1.55. The number of rotatable bonds is 3. The van der Waals surface area contributed by atoms with Gasteiger partial charge in [-0.05, 0) is 11.6 Å². The minimum Gasteiger partial charge on any atom is -0.493 e. The summed E-state index contributed by atoms with van der Waals surface area (Å²) in [4.78, 5) is 0. The monoisotopic (exact) mass is 294 g/mol. The maximum Gasteiger partial charge on any atom is 0.403 e. The summed E-state index contributed by atoms with van der Waals surface area (Å²) in [5, 5.41) is 24.2. The van der Waals surface area contributed by atoms with Crippen LogP contribution < -0.4 is 11.1 Å². The van der Waals surface area contributed by atoms with Crippen molar-refractivity contribution >= 4 is 22.5 Å². The van der Waals surface area contributed by atoms with E-state index in [9.17, 15) is 5.11 Å². The van der Waals surface area contributed by atoms with E-state index in [0.717, 1.165) is 16.5 Å². The van der Waals surface area contributed by atoms with E-state index in [1.807, 2.05) is 54.6 Å². The molecule has 0 atom stereocenters. The van der Waals surface area contributed by atoms with E-state index in [1.165, 1.54) is 0 Å². The first-order valence-corrected chi connectivity index (χ1v) is 6.80. The van der Waals surface area contributed by atoms with E-state index < -0.39 is 0 Å². The quantitative estimate of drug-likeness (QED) is 0.388. The summed E-state index contributed by atoms with van der Waals surface area (Å²) in [5.74, 6) is -0.116. The molecule has 0 spiro atoms. The SMILES string of the molecule is NC(=[NH2+])N=Nc1c(O)n(Cc2ccccc2)c2ccccc12. The van der Waals surface area contributed by atoms with Crippen molar-refractivity contribution < 1.29 is 10.5 Å². The van der Waals surface area contributed by atoms with Crippen molar-refractivity contribution in [1.82, 2.24) is 4.57 Å². The first kappa shape index (κ1) is 13.8. The van der Waals surface area contributed by atoms with E-state index in [2.05, 4.69) is 10.2 Å². The zero-order chi connectivity index (χ0) is 15.5. The second-order valence-electron chi connectivity index (χ2n) is 4.89. The molecule has 0 unspecified atom stereocenters. The number of aromatic nitrogens is 1. The molecule has 22 heavy (non-hydrogen) atoms. The molecule has 5 N–H and O–H groups in total. The van der Waals surface area contributed by atoms with Crippen LogP contribution in [0.15, 0.2) is 64.8 Å². The predicted molar refractivity (Wildman–Crippen MR) is 84.8 cm³/mol. The molecule has 2 aromatic carbocycles. The summed E-state index contributed by atoms with van der Waals surface area (Å²) in [7, 11) is 0. The Labute approximate surface area is 127 Å². The standard InChI is InChI=1S/C16H15N5O/c17-16(18)20-19-14-12-8-4-5-9-13(12)21(15(14)22)10-11-6-2-1-3-7-11/h1-9,22H,10H2,(H3,17,18)/p+1. The van der Waals surface area contributed by atoms with Crippen molar-refractivity contribution in [3.8, 4) is 5.88 Å². The van der Waals surface area contributed by atoms with Crippen molar-refractivity contribution in [3.63, 3.8) is 0 Å². The summed E-state index contributed by atoms with van der Waals surface area (Å²) in [5.41, 5.74) is 7.62. The molecule has 0 aliphatic rings. The smallest absolute Gasteiger partial charge is 0.403 e. The van der Waals surface area contributed by atoms with Crippen LogP contribution in [0.5, 0.6) is 5.88 Å². The second kappa shape index (κ2) is 5.69. The highest BCUT2D eigenvalue weighted by Crippen LogP contribution is 2.39. The molecule has 1 heterocycles. The van der Waals surface area contributed by atoms with Gasteiger partial charge < -0.3 is 9.67 Å². The Kier molecular flexibility index (Phi) is 3.57. The van der Waals surface area contributed by atoms with Crippen LogP contribution in [-0.2, 0) is 6.54 Å². The molecule has 0 saturated heterocycles. The molecular formula is C16H16N5O+. The number of hydrogen-bond acceptors (Lipinski definition) is 2. The normalized spacial score (nSPS) is 11.3. The molecule has 110 valence electrons. The van der Waals surface area contributed by atoms with Crippen LogP contribution in [0.4, 0.5) is 5.69 Å². The lowest BCUT2D eigenvalue weighted by molar-refractivity contribution is -0.117. The van der Waals surface area contributed by atoms with Gasteiger partial charge in [-0.3, -0.25) is 11.1 Å². The highest BCUT2D eigenvalue weighted by Gasteiger charge is 2.17. The topological polar surface area (TPSA) is 101 Å². The number of hydrogen-bond donors (Lipinski definition) is 3. The molecule has 0 aliphatic carbocycles. The molecule has 0 saturated carbocycles. The van der Waals surface area contributed by atoms with E-state index in [0.29, 0.717) is 12.2 Å². The Bertz CT molecular complexity index is 852. The van der Waals surface area contributed by atoms with Gasteiger partial charge in [0.1, 0.15) is 0 Å². The summed E-state index contributed by atoms with van der Waals surface area (Å²) in [6, 6.07) is 17.5. The van der Waals surface area contributed by atoms with E-state index in [1.54, 1.807) is 4.57 Å². The fourth-order valence-corrected chi connectivity index (χ4v) is 2.40. The van der Waals surface area contributed by atoms with E-state index in [-0.39, 0.29) is 11.8 Å². The van der Waals surface area contributed by atoms with Crippen molar-refractivity contribution in [2.24, 2.45) is 16.0 Å². The van der Waals surface area contributed by atoms with Crippen LogP contribution >= 0.6 is 0 Å². The van der Waals surface area contributed by atoms with Gasteiger partial charge in [0.15, 0.2) is 5.69 Å². The molecule has 0 radical (unpaired) electrons. The number of guanidine groups is 1. The number of nitrogens with two attached hydrogens (primary N) is 2. The van der Waals surface area contributed by atoms with Crippen molar-refractivity contribution in [2.75, 3.05) is 0 Å². The van der Waals surface area contributed by atoms with E-state index in [4.69, 9.17) is 11.1 Å². The van der Waals surface area contributed by atoms with Gasteiger partial charge in [0.25, 0.3) is 0 Å². The molecule has 1 aromatic heterocycles. The number of nitrogens with zero attached hydrogens (tertiary/aromatic N) is 3. The zero-order valence-electron chi connectivity index (χ0n) is 11.8. The average Bonchev–Trinajstić information content (AvgIpc) is 2.79. The van der Waals surface area contributed by atoms with Crippen molar-refractivity contribution in [2.45, 2.75) is 6.54 Å². The van der Waals surface area contributed by atoms with Gasteiger partial charge in [0, 0.05) is 10.5 Å². The number of aromatic hydroxyl groups is 1. The fourth-order valence-electron chi connectivity index (χ4n) is 2.40. The maximum absolute atomic E-state index is 10.5. The molecule has 6 heteroatoms. The summed E-state index contributed by atoms with van der Waals surface area (Å²) in [6.45, 7) is 0.532. The third-order valence-electron chi connectivity index (χ3n) is 3.37. The number of para-hydroxylation sites is 1. The lowest BCUT2D eigenvalue weighted by Crippen LogP contribution is -2.43. The Morgan fingerprint density at radius 2 is 1.77 bits per heavy atom. The first-order chi connectivity index (χ1) is 10.7. The van der Waals surface area contributed by atoms with Crippen LogP contribution in [0.3, 0.4) is 0 Å². The number of benzene rings is 2. The summed E-state index contributed by atoms with van der Waals surface area (Å²) >= 11 is 0. The van der Waals surface area contributed by atoms with Crippen molar-refractivity contribution in [1.29, 1.82) is 0 Å². The summed E-state index contributed by atoms with van der Waals surface area (Å²) < 4.78 is 1.78. The summed E-state index contributed by atoms with van der Waals surface area (Å²) in [6.07, 6.45) is 0. The minimum atomic E-state index is -0.153. The third kappa shape index (κ3) is 2.54. The molecule has 0 bridgehead atoms. The van der Waals surface area contributed by atoms with Gasteiger partial charge >= 0.3 is 5.96 Å². The van der Waals surface area contributed by atoms with Gasteiger partial charge in [0.2, 0.25) is 5.88 Å². The third-order valence-corrected chi connectivity index (χ3v) is 3.37. The van der Waals surface area contributed by atoms with E-state index >= 15 is 0 Å². The van der Waals surface area contributed by atoms with Gasteiger partial charge in [-0.1, -0.05) is 53.6 Å². The Balaban J connectivity index is 2.14. The largest absolute Gasteiger partial charge is 0.493 e. The fraction of sp³-hybridized carbons (Fsp3) is 0.0625. The highest BCUT2D eigenvalue weighted by molar-refractivity contribution is 5.95. The number of fused-ring (bicyclic) bond motifs is 1. The molecule has 3 rings (SSSR count). The first-order valence-electron chi connectivity index (χ1n) is 6.80. The van der Waals surface area contributed by atoms with Gasteiger partial charge in [-0.25, -0.2) is 0 Å². The van der Waals surface area contributed by atoms with Crippen LogP contribution in [-0.4, -0.2) is 15.6 Å². The molecule has 0 fully saturated rings. The average molecular weight is 294 g/mol. The van der Waals surface area contributed by atoms with Crippen LogP contribution in [0.1, 0.15) is 5.56 Å². The molecule has 3 aromatic rings. The van der Waals surface area contributed by atoms with Crippen molar-refractivity contribution in [3.05, 3.63) is 60.2 Å². The Hall–Kier alpha value is -3.15. The molecule has 0 amide bonds. The van der Waals surface area contributed by atoms with Gasteiger partial charge in [-0.2, -0.15) is 0 Å². The highest BCUT2D eigenvalue weighted by atomic mass is 16.3. The lowest BCUT2D eigenvalue weighted by atomic mass is 10.2. The van der Waals surface area contributed by atoms with Crippen LogP contribution in [0, 0.1) is 0 Å². The Morgan fingerprint density at radius 1 is 1.09 bits per heavy atom. The lowest BCUT2D eigenvalue weighted by Gasteiger charge is -2.06. The number of azo groups is 1. The second-order valence-corrected chi connectivity index (χ2v) is 4.89.